The lowest BCUT2D eigenvalue weighted by Gasteiger charge is -2.21. The highest BCUT2D eigenvalue weighted by molar-refractivity contribution is 7.89. The lowest BCUT2D eigenvalue weighted by molar-refractivity contribution is -0.146. The van der Waals surface area contributed by atoms with Gasteiger partial charge in [0.25, 0.3) is 0 Å². The van der Waals surface area contributed by atoms with E-state index in [4.69, 9.17) is 9.84 Å². The molecule has 0 unspecified atom stereocenters. The molecule has 0 saturated carbocycles. The Morgan fingerprint density at radius 2 is 1.89 bits per heavy atom. The van der Waals surface area contributed by atoms with Gasteiger partial charge in [0.1, 0.15) is 13.1 Å². The standard InChI is InChI=1S/C9H16F3NO5S/c1-7(2)18-3-4-19(16,17)13(5-8(14)15)6-9(10,11)12/h7H,3-6H2,1-2H3,(H,14,15). The van der Waals surface area contributed by atoms with Gasteiger partial charge in [-0.05, 0) is 13.8 Å². The largest absolute Gasteiger partial charge is 0.480 e. The van der Waals surface area contributed by atoms with Gasteiger partial charge in [-0.3, -0.25) is 4.79 Å². The first kappa shape index (κ1) is 18.1. The average molecular weight is 307 g/mol. The van der Waals surface area contributed by atoms with Crippen molar-refractivity contribution in [2.24, 2.45) is 0 Å². The summed E-state index contributed by atoms with van der Waals surface area (Å²) in [5, 5.41) is 8.45. The maximum atomic E-state index is 12.2. The second-order valence-electron chi connectivity index (χ2n) is 4.01. The number of halogens is 3. The van der Waals surface area contributed by atoms with Gasteiger partial charge in [0, 0.05) is 0 Å². The van der Waals surface area contributed by atoms with Gasteiger partial charge in [0.2, 0.25) is 10.0 Å². The Morgan fingerprint density at radius 3 is 2.26 bits per heavy atom. The highest BCUT2D eigenvalue weighted by Crippen LogP contribution is 2.18. The molecule has 0 aliphatic rings. The fraction of sp³-hybridized carbons (Fsp3) is 0.889. The molecular weight excluding hydrogens is 291 g/mol. The van der Waals surface area contributed by atoms with Crippen LogP contribution in [0.4, 0.5) is 13.2 Å². The molecule has 0 saturated heterocycles. The number of aliphatic carboxylic acids is 1. The van der Waals surface area contributed by atoms with E-state index >= 15 is 0 Å². The van der Waals surface area contributed by atoms with Gasteiger partial charge in [-0.25, -0.2) is 8.42 Å². The summed E-state index contributed by atoms with van der Waals surface area (Å²) in [6.45, 7) is -0.0878. The van der Waals surface area contributed by atoms with Crippen LogP contribution in [0.5, 0.6) is 0 Å². The minimum Gasteiger partial charge on any atom is -0.480 e. The summed E-state index contributed by atoms with van der Waals surface area (Å²) in [7, 11) is -4.34. The Labute approximate surface area is 109 Å². The topological polar surface area (TPSA) is 83.9 Å². The van der Waals surface area contributed by atoms with Crippen molar-refractivity contribution < 1.29 is 36.2 Å². The minimum absolute atomic E-state index is 0.112. The predicted molar refractivity (Wildman–Crippen MR) is 60.1 cm³/mol. The average Bonchev–Trinajstić information content (AvgIpc) is 2.12. The Morgan fingerprint density at radius 1 is 1.37 bits per heavy atom. The number of hydrogen-bond donors (Lipinski definition) is 1. The molecule has 0 aromatic carbocycles. The van der Waals surface area contributed by atoms with Crippen LogP contribution in [0.15, 0.2) is 0 Å². The molecule has 0 atom stereocenters. The lowest BCUT2D eigenvalue weighted by atomic mass is 10.5. The Kier molecular flexibility index (Phi) is 6.73. The highest BCUT2D eigenvalue weighted by atomic mass is 32.2. The summed E-state index contributed by atoms with van der Waals surface area (Å²) in [5.74, 6) is -2.35. The maximum Gasteiger partial charge on any atom is 0.402 e. The van der Waals surface area contributed by atoms with Gasteiger partial charge in [-0.1, -0.05) is 0 Å². The van der Waals surface area contributed by atoms with Crippen molar-refractivity contribution >= 4 is 16.0 Å². The third-order valence-electron chi connectivity index (χ3n) is 1.85. The number of carboxylic acids is 1. The highest BCUT2D eigenvalue weighted by Gasteiger charge is 2.37. The molecule has 6 nitrogen and oxygen atoms in total. The van der Waals surface area contributed by atoms with E-state index in [2.05, 4.69) is 0 Å². The van der Waals surface area contributed by atoms with Crippen LogP contribution in [0.1, 0.15) is 13.8 Å². The molecule has 114 valence electrons. The summed E-state index contributed by atoms with van der Waals surface area (Å²) in [5.41, 5.74) is 0. The molecule has 0 aliphatic heterocycles. The van der Waals surface area contributed by atoms with E-state index in [0.29, 0.717) is 0 Å². The summed E-state index contributed by atoms with van der Waals surface area (Å²) < 4.78 is 64.7. The quantitative estimate of drug-likeness (QED) is 0.713. The Bertz CT molecular complexity index is 393. The van der Waals surface area contributed by atoms with Crippen molar-refractivity contribution in [1.82, 2.24) is 4.31 Å². The fourth-order valence-corrected chi connectivity index (χ4v) is 2.34. The first-order valence-electron chi connectivity index (χ1n) is 5.32. The first-order chi connectivity index (χ1) is 8.44. The third kappa shape index (κ3) is 8.78. The molecule has 1 N–H and O–H groups in total. The second kappa shape index (κ2) is 7.06. The number of nitrogens with zero attached hydrogens (tertiary/aromatic N) is 1. The first-order valence-corrected chi connectivity index (χ1v) is 6.93. The zero-order chi connectivity index (χ0) is 15.3. The third-order valence-corrected chi connectivity index (χ3v) is 3.58. The van der Waals surface area contributed by atoms with Crippen molar-refractivity contribution in [3.63, 3.8) is 0 Å². The molecule has 0 fully saturated rings. The van der Waals surface area contributed by atoms with Crippen molar-refractivity contribution in [2.45, 2.75) is 26.1 Å². The molecule has 0 heterocycles. The lowest BCUT2D eigenvalue weighted by Crippen LogP contribution is -2.43. The minimum atomic E-state index is -4.80. The van der Waals surface area contributed by atoms with Crippen LogP contribution in [0.2, 0.25) is 0 Å². The SMILES string of the molecule is CC(C)OCCS(=O)(=O)N(CC(=O)O)CC(F)(F)F. The molecule has 0 aromatic rings. The van der Waals surface area contributed by atoms with Crippen LogP contribution in [-0.4, -0.2) is 61.5 Å². The molecular formula is C9H16F3NO5S. The van der Waals surface area contributed by atoms with E-state index in [9.17, 15) is 26.4 Å². The number of carboxylic acid groups (broad SMARTS) is 1. The molecule has 0 amide bonds. The van der Waals surface area contributed by atoms with E-state index in [0.717, 1.165) is 0 Å². The molecule has 0 rings (SSSR count). The van der Waals surface area contributed by atoms with Crippen molar-refractivity contribution in [3.8, 4) is 0 Å². The molecule has 19 heavy (non-hydrogen) atoms. The number of carbonyl (C=O) groups is 1. The predicted octanol–water partition coefficient (Wildman–Crippen LogP) is 0.690. The van der Waals surface area contributed by atoms with Crippen LogP contribution >= 0.6 is 0 Å². The van der Waals surface area contributed by atoms with Gasteiger partial charge < -0.3 is 9.84 Å². The summed E-state index contributed by atoms with van der Waals surface area (Å²) in [6.07, 6.45) is -5.08. The van der Waals surface area contributed by atoms with Crippen LogP contribution in [0.25, 0.3) is 0 Å². The number of hydrogen-bond acceptors (Lipinski definition) is 4. The van der Waals surface area contributed by atoms with Crippen LogP contribution in [0, 0.1) is 0 Å². The smallest absolute Gasteiger partial charge is 0.402 e. The number of ether oxygens (including phenoxy) is 1. The van der Waals surface area contributed by atoms with Gasteiger partial charge in [0.05, 0.1) is 18.5 Å². The monoisotopic (exact) mass is 307 g/mol. The zero-order valence-corrected chi connectivity index (χ0v) is 11.3. The van der Waals surface area contributed by atoms with E-state index in [-0.39, 0.29) is 17.0 Å². The van der Waals surface area contributed by atoms with Crippen LogP contribution in [-0.2, 0) is 19.6 Å². The van der Waals surface area contributed by atoms with Gasteiger partial charge in [0.15, 0.2) is 0 Å². The van der Waals surface area contributed by atoms with E-state index in [1.54, 1.807) is 13.8 Å². The molecule has 0 aliphatic carbocycles. The zero-order valence-electron chi connectivity index (χ0n) is 10.5. The van der Waals surface area contributed by atoms with Crippen molar-refractivity contribution in [1.29, 1.82) is 0 Å². The van der Waals surface area contributed by atoms with Gasteiger partial charge in [-0.15, -0.1) is 0 Å². The molecule has 0 spiro atoms. The van der Waals surface area contributed by atoms with Crippen LogP contribution in [0.3, 0.4) is 0 Å². The Hall–Kier alpha value is -0.870. The van der Waals surface area contributed by atoms with Crippen molar-refractivity contribution in [3.05, 3.63) is 0 Å². The number of alkyl halides is 3. The van der Waals surface area contributed by atoms with Crippen LogP contribution < -0.4 is 0 Å². The summed E-state index contributed by atoms with van der Waals surface area (Å²) >= 11 is 0. The molecule has 0 aromatic heterocycles. The number of rotatable bonds is 8. The van der Waals surface area contributed by atoms with Crippen molar-refractivity contribution in [2.75, 3.05) is 25.4 Å². The Balaban J connectivity index is 4.77. The second-order valence-corrected chi connectivity index (χ2v) is 6.10. The van der Waals surface area contributed by atoms with Gasteiger partial charge in [-0.2, -0.15) is 17.5 Å². The molecule has 10 heteroatoms. The maximum absolute atomic E-state index is 12.2. The van der Waals surface area contributed by atoms with E-state index in [1.165, 1.54) is 0 Å². The van der Waals surface area contributed by atoms with E-state index < -0.39 is 41.0 Å². The summed E-state index contributed by atoms with van der Waals surface area (Å²) in [4.78, 5) is 10.4. The summed E-state index contributed by atoms with van der Waals surface area (Å²) in [6, 6.07) is 0. The van der Waals surface area contributed by atoms with Gasteiger partial charge >= 0.3 is 12.1 Å². The number of sulfonamides is 1. The molecule has 0 radical (unpaired) electrons. The fourth-order valence-electron chi connectivity index (χ4n) is 1.12. The van der Waals surface area contributed by atoms with E-state index in [1.807, 2.05) is 0 Å². The normalized spacial score (nSPS) is 13.2. The molecule has 0 bridgehead atoms.